The number of nitrogens with zero attached hydrogens (tertiary/aromatic N) is 2. The Hall–Kier alpha value is -2.32. The van der Waals surface area contributed by atoms with Crippen molar-refractivity contribution in [2.24, 2.45) is 0 Å². The Morgan fingerprint density at radius 1 is 1.39 bits per heavy atom. The van der Waals surface area contributed by atoms with E-state index in [9.17, 15) is 5.26 Å². The van der Waals surface area contributed by atoms with Crippen LogP contribution in [0, 0.1) is 18.3 Å². The molecule has 4 nitrogen and oxygen atoms in total. The van der Waals surface area contributed by atoms with Crippen molar-refractivity contribution >= 4 is 23.0 Å². The van der Waals surface area contributed by atoms with Crippen LogP contribution in [0.25, 0.3) is 11.6 Å². The summed E-state index contributed by atoms with van der Waals surface area (Å²) in [5, 5.41) is 12.1. The van der Waals surface area contributed by atoms with E-state index in [1.165, 1.54) is 11.3 Å². The lowest BCUT2D eigenvalue weighted by atomic mass is 10.1. The van der Waals surface area contributed by atoms with Gasteiger partial charge in [0.05, 0.1) is 19.3 Å². The van der Waals surface area contributed by atoms with E-state index in [1.54, 1.807) is 7.11 Å². The van der Waals surface area contributed by atoms with Crippen LogP contribution in [0.4, 0.5) is 0 Å². The lowest BCUT2D eigenvalue weighted by Gasteiger charge is -2.11. The normalized spacial score (nSPS) is 11.1. The summed E-state index contributed by atoms with van der Waals surface area (Å²) in [6.07, 6.45) is 3.89. The molecule has 0 amide bonds. The average molecular weight is 328 g/mol. The maximum Gasteiger partial charge on any atom is 0.161 e. The number of allylic oxidation sites excluding steroid dienone is 1. The SMILES string of the molecule is CCCCOc1cc(/C=C(\C#N)c2nc(C)cs2)ccc1OC. The van der Waals surface area contributed by atoms with Crippen molar-refractivity contribution in [3.05, 3.63) is 39.8 Å². The zero-order valence-electron chi connectivity index (χ0n) is 13.6. The molecule has 1 heterocycles. The van der Waals surface area contributed by atoms with Crippen molar-refractivity contribution < 1.29 is 9.47 Å². The van der Waals surface area contributed by atoms with Gasteiger partial charge in [-0.2, -0.15) is 5.26 Å². The quantitative estimate of drug-likeness (QED) is 0.546. The summed E-state index contributed by atoms with van der Waals surface area (Å²) in [4.78, 5) is 4.37. The number of aryl methyl sites for hydroxylation is 1. The zero-order chi connectivity index (χ0) is 16.7. The highest BCUT2D eigenvalue weighted by atomic mass is 32.1. The Bertz CT molecular complexity index is 729. The van der Waals surface area contributed by atoms with Gasteiger partial charge in [0, 0.05) is 11.1 Å². The molecule has 0 fully saturated rings. The van der Waals surface area contributed by atoms with Crippen molar-refractivity contribution in [1.82, 2.24) is 4.98 Å². The second-order valence-electron chi connectivity index (χ2n) is 5.08. The number of hydrogen-bond donors (Lipinski definition) is 0. The average Bonchev–Trinajstić information content (AvgIpc) is 2.99. The lowest BCUT2D eigenvalue weighted by Crippen LogP contribution is -1.99. The minimum atomic E-state index is 0.549. The summed E-state index contributed by atoms with van der Waals surface area (Å²) < 4.78 is 11.1. The number of ether oxygens (including phenoxy) is 2. The molecule has 0 saturated carbocycles. The lowest BCUT2D eigenvalue weighted by molar-refractivity contribution is 0.288. The molecule has 5 heteroatoms. The number of rotatable bonds is 7. The van der Waals surface area contributed by atoms with Crippen LogP contribution in [0.1, 0.15) is 36.0 Å². The van der Waals surface area contributed by atoms with E-state index in [-0.39, 0.29) is 0 Å². The number of nitriles is 1. The third-order valence-corrected chi connectivity index (χ3v) is 4.22. The molecule has 1 aromatic heterocycles. The molecule has 0 saturated heterocycles. The molecule has 120 valence electrons. The van der Waals surface area contributed by atoms with Crippen molar-refractivity contribution in [1.29, 1.82) is 5.26 Å². The second-order valence-corrected chi connectivity index (χ2v) is 5.93. The van der Waals surface area contributed by atoms with Gasteiger partial charge in [0.25, 0.3) is 0 Å². The number of hydrogen-bond acceptors (Lipinski definition) is 5. The number of methoxy groups -OCH3 is 1. The van der Waals surface area contributed by atoms with E-state index < -0.39 is 0 Å². The van der Waals surface area contributed by atoms with Crippen molar-refractivity contribution in [2.45, 2.75) is 26.7 Å². The summed E-state index contributed by atoms with van der Waals surface area (Å²) in [6.45, 7) is 4.69. The van der Waals surface area contributed by atoms with E-state index in [2.05, 4.69) is 18.0 Å². The Morgan fingerprint density at radius 3 is 2.83 bits per heavy atom. The fraction of sp³-hybridized carbons (Fsp3) is 0.333. The Labute approximate surface area is 141 Å². The molecular formula is C18H20N2O2S. The maximum atomic E-state index is 9.39. The van der Waals surface area contributed by atoms with Crippen molar-refractivity contribution in [3.63, 3.8) is 0 Å². The summed E-state index contributed by atoms with van der Waals surface area (Å²) in [6, 6.07) is 7.88. The molecule has 0 N–H and O–H groups in total. The van der Waals surface area contributed by atoms with Gasteiger partial charge in [-0.1, -0.05) is 19.4 Å². The number of benzene rings is 1. The standard InChI is InChI=1S/C18H20N2O2S/c1-4-5-8-22-17-10-14(6-7-16(17)21-3)9-15(11-19)18-20-13(2)12-23-18/h6-7,9-10,12H,4-5,8H2,1-3H3/b15-9+. The van der Waals surface area contributed by atoms with Crippen LogP contribution in [-0.4, -0.2) is 18.7 Å². The maximum absolute atomic E-state index is 9.39. The molecule has 23 heavy (non-hydrogen) atoms. The van der Waals surface area contributed by atoms with Gasteiger partial charge in [0.1, 0.15) is 11.1 Å². The first-order valence-electron chi connectivity index (χ1n) is 7.53. The first kappa shape index (κ1) is 17.0. The van der Waals surface area contributed by atoms with E-state index in [1.807, 2.05) is 36.6 Å². The molecule has 0 radical (unpaired) electrons. The minimum absolute atomic E-state index is 0.549. The van der Waals surface area contributed by atoms with Gasteiger partial charge in [0.15, 0.2) is 11.5 Å². The number of unbranched alkanes of at least 4 members (excludes halogenated alkanes) is 1. The fourth-order valence-electron chi connectivity index (χ4n) is 2.01. The van der Waals surface area contributed by atoms with Gasteiger partial charge in [-0.05, 0) is 37.1 Å². The van der Waals surface area contributed by atoms with Crippen LogP contribution in [-0.2, 0) is 0 Å². The van der Waals surface area contributed by atoms with Gasteiger partial charge in [-0.15, -0.1) is 11.3 Å². The third kappa shape index (κ3) is 4.57. The molecule has 2 rings (SSSR count). The van der Waals surface area contributed by atoms with E-state index >= 15 is 0 Å². The highest BCUT2D eigenvalue weighted by molar-refractivity contribution is 7.11. The molecular weight excluding hydrogens is 308 g/mol. The van der Waals surface area contributed by atoms with Crippen LogP contribution in [0.2, 0.25) is 0 Å². The fourth-order valence-corrected chi connectivity index (χ4v) is 2.77. The highest BCUT2D eigenvalue weighted by Crippen LogP contribution is 2.30. The van der Waals surface area contributed by atoms with Crippen molar-refractivity contribution in [3.8, 4) is 17.6 Å². The van der Waals surface area contributed by atoms with Gasteiger partial charge in [0.2, 0.25) is 0 Å². The summed E-state index contributed by atoms with van der Waals surface area (Å²) in [5.74, 6) is 1.39. The predicted molar refractivity (Wildman–Crippen MR) is 93.7 cm³/mol. The summed E-state index contributed by atoms with van der Waals surface area (Å²) >= 11 is 1.47. The largest absolute Gasteiger partial charge is 0.493 e. The summed E-state index contributed by atoms with van der Waals surface area (Å²) in [5.41, 5.74) is 2.36. The highest BCUT2D eigenvalue weighted by Gasteiger charge is 2.08. The zero-order valence-corrected chi connectivity index (χ0v) is 14.4. The van der Waals surface area contributed by atoms with Crippen LogP contribution in [0.15, 0.2) is 23.6 Å². The molecule has 0 bridgehead atoms. The van der Waals surface area contributed by atoms with E-state index in [4.69, 9.17) is 9.47 Å². The van der Waals surface area contributed by atoms with Crippen molar-refractivity contribution in [2.75, 3.05) is 13.7 Å². The molecule has 0 aliphatic rings. The Morgan fingerprint density at radius 2 is 2.22 bits per heavy atom. The van der Waals surface area contributed by atoms with Crippen LogP contribution in [0.5, 0.6) is 11.5 Å². The predicted octanol–water partition coefficient (Wildman–Crippen LogP) is 4.70. The summed E-state index contributed by atoms with van der Waals surface area (Å²) in [7, 11) is 1.62. The van der Waals surface area contributed by atoms with Gasteiger partial charge < -0.3 is 9.47 Å². The van der Waals surface area contributed by atoms with Gasteiger partial charge in [-0.25, -0.2) is 4.98 Å². The molecule has 2 aromatic rings. The first-order valence-corrected chi connectivity index (χ1v) is 8.41. The van der Waals surface area contributed by atoms with Crippen LogP contribution in [0.3, 0.4) is 0 Å². The third-order valence-electron chi connectivity index (χ3n) is 3.22. The number of aromatic nitrogens is 1. The molecule has 0 aliphatic carbocycles. The molecule has 1 aromatic carbocycles. The topological polar surface area (TPSA) is 55.1 Å². The number of thiazole rings is 1. The Balaban J connectivity index is 2.29. The molecule has 0 atom stereocenters. The van der Waals surface area contributed by atoms with E-state index in [0.717, 1.165) is 29.1 Å². The smallest absolute Gasteiger partial charge is 0.161 e. The first-order chi connectivity index (χ1) is 11.2. The van der Waals surface area contributed by atoms with E-state index in [0.29, 0.717) is 23.7 Å². The van der Waals surface area contributed by atoms with Gasteiger partial charge in [-0.3, -0.25) is 0 Å². The van der Waals surface area contributed by atoms with Crippen LogP contribution >= 0.6 is 11.3 Å². The Kier molecular flexibility index (Phi) is 6.19. The molecule has 0 unspecified atom stereocenters. The molecule has 0 spiro atoms. The van der Waals surface area contributed by atoms with Crippen LogP contribution < -0.4 is 9.47 Å². The molecule has 0 aliphatic heterocycles. The minimum Gasteiger partial charge on any atom is -0.493 e. The second kappa shape index (κ2) is 8.35. The van der Waals surface area contributed by atoms with Gasteiger partial charge >= 0.3 is 0 Å². The monoisotopic (exact) mass is 328 g/mol.